The molecule has 0 saturated heterocycles. The first-order chi connectivity index (χ1) is 4.12. The van der Waals surface area contributed by atoms with Crippen molar-refractivity contribution in [1.82, 2.24) is 0 Å². The van der Waals surface area contributed by atoms with Gasteiger partial charge in [-0.25, -0.2) is 0 Å². The third-order valence-electron chi connectivity index (χ3n) is 0.738. The summed E-state index contributed by atoms with van der Waals surface area (Å²) < 4.78 is 0.189. The predicted molar refractivity (Wildman–Crippen MR) is 49.6 cm³/mol. The Kier molecular flexibility index (Phi) is 4.40. The quantitative estimate of drug-likeness (QED) is 0.468. The molecule has 0 fully saturated rings. The third-order valence-corrected chi connectivity index (χ3v) is 3.23. The van der Waals surface area contributed by atoms with Crippen LogP contribution in [-0.2, 0) is 0 Å². The van der Waals surface area contributed by atoms with Crippen LogP contribution in [0.2, 0.25) is 0 Å². The van der Waals surface area contributed by atoms with Gasteiger partial charge in [-0.15, -0.1) is 0 Å². The lowest BCUT2D eigenvalue weighted by Gasteiger charge is -2.15. The molecule has 0 radical (unpaired) electrons. The molecule has 0 aromatic heterocycles. The molecular weight excluding hydrogens is 150 g/mol. The zero-order chi connectivity index (χ0) is 7.33. The molecule has 3 heteroatoms. The van der Waals surface area contributed by atoms with E-state index in [9.17, 15) is 0 Å². The molecule has 0 aromatic rings. The Bertz CT molecular complexity index is 99.2. The molecule has 0 aromatic carbocycles. The summed E-state index contributed by atoms with van der Waals surface area (Å²) in [5.74, 6) is 0. The van der Waals surface area contributed by atoms with E-state index >= 15 is 0 Å². The van der Waals surface area contributed by atoms with Crippen molar-refractivity contribution in [3.63, 3.8) is 0 Å². The van der Waals surface area contributed by atoms with Crippen LogP contribution < -0.4 is 0 Å². The summed E-state index contributed by atoms with van der Waals surface area (Å²) in [6.07, 6.45) is 4.05. The minimum Gasteiger partial charge on any atom is -0.299 e. The van der Waals surface area contributed by atoms with Crippen molar-refractivity contribution in [3.8, 4) is 0 Å². The zero-order valence-electron chi connectivity index (χ0n) is 6.34. The van der Waals surface area contributed by atoms with Gasteiger partial charge in [0.25, 0.3) is 0 Å². The van der Waals surface area contributed by atoms with Crippen molar-refractivity contribution < 1.29 is 0 Å². The molecule has 0 rings (SSSR count). The molecule has 0 amide bonds. The van der Waals surface area contributed by atoms with Crippen LogP contribution in [0.4, 0.5) is 0 Å². The van der Waals surface area contributed by atoms with E-state index in [0.717, 1.165) is 0 Å². The number of rotatable bonds is 3. The normalized spacial score (nSPS) is 12.9. The van der Waals surface area contributed by atoms with Crippen molar-refractivity contribution >= 4 is 27.8 Å². The van der Waals surface area contributed by atoms with Gasteiger partial charge in [-0.05, 0) is 20.1 Å². The van der Waals surface area contributed by atoms with Crippen LogP contribution in [-0.4, -0.2) is 24.3 Å². The lowest BCUT2D eigenvalue weighted by atomic mass is 10.2. The molecule has 0 bridgehead atoms. The average Bonchev–Trinajstić information content (AvgIpc) is 1.64. The van der Waals surface area contributed by atoms with Gasteiger partial charge in [0.05, 0.1) is 4.75 Å². The maximum absolute atomic E-state index is 3.97. The summed E-state index contributed by atoms with van der Waals surface area (Å²) in [6.45, 7) is 4.31. The maximum atomic E-state index is 3.97. The summed E-state index contributed by atoms with van der Waals surface area (Å²) in [5, 5.41) is 0. The Balaban J connectivity index is 3.70. The molecule has 0 saturated carbocycles. The summed E-state index contributed by atoms with van der Waals surface area (Å²) in [5.41, 5.74) is 0. The fourth-order valence-corrected chi connectivity index (χ4v) is 2.54. The Morgan fingerprint density at radius 2 is 2.00 bits per heavy atom. The van der Waals surface area contributed by atoms with E-state index in [1.165, 1.54) is 0 Å². The van der Waals surface area contributed by atoms with E-state index in [-0.39, 0.29) is 4.75 Å². The molecule has 0 aliphatic heterocycles. The van der Waals surface area contributed by atoms with Gasteiger partial charge in [-0.3, -0.25) is 4.99 Å². The monoisotopic (exact) mass is 163 g/mol. The van der Waals surface area contributed by atoms with Crippen LogP contribution in [0.15, 0.2) is 4.99 Å². The average molecular weight is 163 g/mol. The number of aliphatic imine (C=N–C) groups is 1. The zero-order valence-corrected chi connectivity index (χ0v) is 7.97. The predicted octanol–water partition coefficient (Wildman–Crippen LogP) is 2.48. The summed E-state index contributed by atoms with van der Waals surface area (Å²) in [6, 6.07) is 0. The largest absolute Gasteiger partial charge is 0.299 e. The molecule has 0 atom stereocenters. The molecular formula is C6H13NS2. The van der Waals surface area contributed by atoms with Gasteiger partial charge in [-0.2, -0.15) is 0 Å². The first-order valence-corrected chi connectivity index (χ1v) is 5.33. The van der Waals surface area contributed by atoms with Crippen LogP contribution in [0, 0.1) is 0 Å². The van der Waals surface area contributed by atoms with Crippen LogP contribution in [0.3, 0.4) is 0 Å². The van der Waals surface area contributed by atoms with Crippen LogP contribution >= 0.6 is 21.6 Å². The molecule has 0 spiro atoms. The number of hydrogen-bond acceptors (Lipinski definition) is 3. The smallest absolute Gasteiger partial charge is 0.0553 e. The van der Waals surface area contributed by atoms with Crippen LogP contribution in [0.25, 0.3) is 0 Å². The molecule has 9 heavy (non-hydrogen) atoms. The fraction of sp³-hybridized carbons (Fsp3) is 0.833. The SMILES string of the molecule is CN=CC(C)(C)SSC. The van der Waals surface area contributed by atoms with E-state index in [2.05, 4.69) is 25.1 Å². The highest BCUT2D eigenvalue weighted by atomic mass is 33.1. The second kappa shape index (κ2) is 4.23. The van der Waals surface area contributed by atoms with Gasteiger partial charge < -0.3 is 0 Å². The van der Waals surface area contributed by atoms with Crippen LogP contribution in [0.5, 0.6) is 0 Å². The van der Waals surface area contributed by atoms with Crippen molar-refractivity contribution in [2.75, 3.05) is 13.3 Å². The first-order valence-electron chi connectivity index (χ1n) is 2.77. The minimum atomic E-state index is 0.189. The summed E-state index contributed by atoms with van der Waals surface area (Å²) >= 11 is 0. The topological polar surface area (TPSA) is 12.4 Å². The van der Waals surface area contributed by atoms with Gasteiger partial charge in [0.2, 0.25) is 0 Å². The van der Waals surface area contributed by atoms with Crippen molar-refractivity contribution in [2.24, 2.45) is 4.99 Å². The van der Waals surface area contributed by atoms with E-state index in [1.54, 1.807) is 10.8 Å². The van der Waals surface area contributed by atoms with Crippen molar-refractivity contribution in [1.29, 1.82) is 0 Å². The van der Waals surface area contributed by atoms with E-state index in [0.29, 0.717) is 0 Å². The molecule has 54 valence electrons. The van der Waals surface area contributed by atoms with Gasteiger partial charge in [-0.1, -0.05) is 21.6 Å². The van der Waals surface area contributed by atoms with Gasteiger partial charge in [0.15, 0.2) is 0 Å². The lowest BCUT2D eigenvalue weighted by molar-refractivity contribution is 0.978. The Labute approximate surface area is 65.1 Å². The maximum Gasteiger partial charge on any atom is 0.0553 e. The van der Waals surface area contributed by atoms with Crippen molar-refractivity contribution in [3.05, 3.63) is 0 Å². The highest BCUT2D eigenvalue weighted by Gasteiger charge is 2.13. The molecule has 0 aliphatic carbocycles. The second-order valence-corrected chi connectivity index (χ2v) is 5.29. The van der Waals surface area contributed by atoms with Crippen molar-refractivity contribution in [2.45, 2.75) is 18.6 Å². The second-order valence-electron chi connectivity index (χ2n) is 2.24. The summed E-state index contributed by atoms with van der Waals surface area (Å²) in [7, 11) is 5.41. The first kappa shape index (κ1) is 9.37. The number of nitrogens with zero attached hydrogens (tertiary/aromatic N) is 1. The Morgan fingerprint density at radius 1 is 1.44 bits per heavy atom. The summed E-state index contributed by atoms with van der Waals surface area (Å²) in [4.78, 5) is 3.97. The molecule has 0 N–H and O–H groups in total. The molecule has 0 aliphatic rings. The van der Waals surface area contributed by atoms with Gasteiger partial charge in [0.1, 0.15) is 0 Å². The van der Waals surface area contributed by atoms with Gasteiger partial charge in [0, 0.05) is 13.3 Å². The Hall–Kier alpha value is 0.370. The standard InChI is InChI=1S/C6H13NS2/c1-6(2,5-7-3)9-8-4/h5H,1-4H3. The molecule has 0 unspecified atom stereocenters. The highest BCUT2D eigenvalue weighted by Crippen LogP contribution is 2.31. The third kappa shape index (κ3) is 4.85. The van der Waals surface area contributed by atoms with E-state index in [1.807, 2.05) is 24.1 Å². The minimum absolute atomic E-state index is 0.189. The van der Waals surface area contributed by atoms with E-state index in [4.69, 9.17) is 0 Å². The Morgan fingerprint density at radius 3 is 2.33 bits per heavy atom. The molecule has 0 heterocycles. The van der Waals surface area contributed by atoms with E-state index < -0.39 is 0 Å². The lowest BCUT2D eigenvalue weighted by Crippen LogP contribution is -2.14. The fourth-order valence-electron chi connectivity index (χ4n) is 0.547. The molecule has 1 nitrogen and oxygen atoms in total. The van der Waals surface area contributed by atoms with Gasteiger partial charge >= 0.3 is 0 Å². The highest BCUT2D eigenvalue weighted by molar-refractivity contribution is 8.77. The number of hydrogen-bond donors (Lipinski definition) is 0. The van der Waals surface area contributed by atoms with Crippen LogP contribution in [0.1, 0.15) is 13.8 Å².